The molecule has 1 aromatic carbocycles. The van der Waals surface area contributed by atoms with Gasteiger partial charge in [0, 0.05) is 12.1 Å². The van der Waals surface area contributed by atoms with E-state index >= 15 is 0 Å². The van der Waals surface area contributed by atoms with Gasteiger partial charge in [-0.05, 0) is 18.6 Å². The van der Waals surface area contributed by atoms with Crippen molar-refractivity contribution in [1.29, 1.82) is 0 Å². The number of halogens is 2. The van der Waals surface area contributed by atoms with E-state index in [0.29, 0.717) is 6.42 Å². The molecule has 1 rings (SSSR count). The number of unbranched alkanes of at least 4 members (excludes halogenated alkanes) is 1. The molecule has 0 heterocycles. The third kappa shape index (κ3) is 3.65. The molecule has 0 aliphatic carbocycles. The molecule has 4 nitrogen and oxygen atoms in total. The summed E-state index contributed by atoms with van der Waals surface area (Å²) >= 11 is 5.59. The maximum absolute atomic E-state index is 13.4. The predicted octanol–water partition coefficient (Wildman–Crippen LogP) is 2.05. The van der Waals surface area contributed by atoms with Crippen molar-refractivity contribution in [1.82, 2.24) is 4.72 Å². The Kier molecular flexibility index (Phi) is 5.52. The first kappa shape index (κ1) is 15.4. The van der Waals surface area contributed by atoms with Gasteiger partial charge >= 0.3 is 0 Å². The summed E-state index contributed by atoms with van der Waals surface area (Å²) in [5.41, 5.74) is 0.0486. The summed E-state index contributed by atoms with van der Waals surface area (Å²) in [5.74, 6) is -0.862. The average Bonchev–Trinajstić information content (AvgIpc) is 2.32. The van der Waals surface area contributed by atoms with Crippen molar-refractivity contribution in [2.75, 3.05) is 6.54 Å². The summed E-state index contributed by atoms with van der Waals surface area (Å²) < 4.78 is 39.4. The van der Waals surface area contributed by atoms with Crippen LogP contribution in [0.2, 0.25) is 5.02 Å². The number of sulfonamides is 1. The zero-order valence-corrected chi connectivity index (χ0v) is 11.5. The van der Waals surface area contributed by atoms with E-state index in [4.69, 9.17) is 16.7 Å². The number of nitrogens with one attached hydrogen (secondary N) is 1. The van der Waals surface area contributed by atoms with Gasteiger partial charge in [0.05, 0.1) is 16.5 Å². The molecule has 0 aliphatic rings. The third-order valence-corrected chi connectivity index (χ3v) is 4.24. The van der Waals surface area contributed by atoms with E-state index in [-0.39, 0.29) is 22.0 Å². The molecular weight excluding hydrogens is 281 g/mol. The summed E-state index contributed by atoms with van der Waals surface area (Å²) in [6.45, 7) is 1.70. The van der Waals surface area contributed by atoms with Crippen LogP contribution in [0.4, 0.5) is 4.39 Å². The Morgan fingerprint density at radius 1 is 1.44 bits per heavy atom. The molecule has 0 atom stereocenters. The number of aliphatic hydroxyl groups is 1. The molecule has 0 fully saturated rings. The van der Waals surface area contributed by atoms with Gasteiger partial charge in [0.1, 0.15) is 5.82 Å². The molecule has 102 valence electrons. The normalized spacial score (nSPS) is 11.8. The van der Waals surface area contributed by atoms with Gasteiger partial charge in [0.2, 0.25) is 10.0 Å². The summed E-state index contributed by atoms with van der Waals surface area (Å²) in [5, 5.41) is 8.72. The van der Waals surface area contributed by atoms with Gasteiger partial charge in [-0.2, -0.15) is 0 Å². The fourth-order valence-corrected chi connectivity index (χ4v) is 2.66. The zero-order chi connectivity index (χ0) is 13.8. The van der Waals surface area contributed by atoms with Gasteiger partial charge in [-0.15, -0.1) is 0 Å². The SMILES string of the molecule is CCCCNS(=O)(=O)c1cc(F)c(Cl)c(CO)c1. The molecular formula is C11H15ClFNO3S. The summed E-state index contributed by atoms with van der Waals surface area (Å²) in [6, 6.07) is 2.01. The van der Waals surface area contributed by atoms with E-state index < -0.39 is 22.4 Å². The van der Waals surface area contributed by atoms with Crippen molar-refractivity contribution in [3.63, 3.8) is 0 Å². The molecule has 18 heavy (non-hydrogen) atoms. The van der Waals surface area contributed by atoms with Crippen molar-refractivity contribution in [3.8, 4) is 0 Å². The highest BCUT2D eigenvalue weighted by atomic mass is 35.5. The van der Waals surface area contributed by atoms with Gasteiger partial charge in [-0.3, -0.25) is 0 Å². The van der Waals surface area contributed by atoms with Crippen LogP contribution in [0.1, 0.15) is 25.3 Å². The Labute approximate surface area is 111 Å². The van der Waals surface area contributed by atoms with Gasteiger partial charge in [-0.1, -0.05) is 24.9 Å². The van der Waals surface area contributed by atoms with Gasteiger partial charge in [0.25, 0.3) is 0 Å². The monoisotopic (exact) mass is 295 g/mol. The fraction of sp³-hybridized carbons (Fsp3) is 0.455. The number of benzene rings is 1. The van der Waals surface area contributed by atoms with Crippen LogP contribution in [-0.4, -0.2) is 20.1 Å². The Bertz CT molecular complexity index is 519. The molecule has 0 bridgehead atoms. The first-order valence-electron chi connectivity index (χ1n) is 5.50. The number of hydrogen-bond acceptors (Lipinski definition) is 3. The molecule has 0 unspecified atom stereocenters. The van der Waals surface area contributed by atoms with E-state index in [2.05, 4.69) is 4.72 Å². The van der Waals surface area contributed by atoms with Gasteiger partial charge in [-0.25, -0.2) is 17.5 Å². The van der Waals surface area contributed by atoms with Crippen LogP contribution >= 0.6 is 11.6 Å². The number of hydrogen-bond donors (Lipinski definition) is 2. The lowest BCUT2D eigenvalue weighted by Crippen LogP contribution is -2.25. The maximum Gasteiger partial charge on any atom is 0.240 e. The van der Waals surface area contributed by atoms with Crippen LogP contribution in [0.25, 0.3) is 0 Å². The van der Waals surface area contributed by atoms with E-state index in [0.717, 1.165) is 12.5 Å². The standard InChI is InChI=1S/C11H15ClFNO3S/c1-2-3-4-14-18(16,17)9-5-8(7-15)11(12)10(13)6-9/h5-6,14-15H,2-4,7H2,1H3. The fourth-order valence-electron chi connectivity index (χ4n) is 1.36. The molecule has 0 amide bonds. The summed E-state index contributed by atoms with van der Waals surface area (Å²) in [7, 11) is -3.76. The smallest absolute Gasteiger partial charge is 0.240 e. The molecule has 7 heteroatoms. The topological polar surface area (TPSA) is 66.4 Å². The predicted molar refractivity (Wildman–Crippen MR) is 67.4 cm³/mol. The molecule has 1 aromatic rings. The van der Waals surface area contributed by atoms with Crippen molar-refractivity contribution in [3.05, 3.63) is 28.5 Å². The van der Waals surface area contributed by atoms with Crippen molar-refractivity contribution in [2.24, 2.45) is 0 Å². The van der Waals surface area contributed by atoms with Crippen molar-refractivity contribution >= 4 is 21.6 Å². The van der Waals surface area contributed by atoms with Crippen LogP contribution in [0.15, 0.2) is 17.0 Å². The highest BCUT2D eigenvalue weighted by Crippen LogP contribution is 2.24. The summed E-state index contributed by atoms with van der Waals surface area (Å²) in [6.07, 6.45) is 1.54. The number of rotatable bonds is 6. The zero-order valence-electron chi connectivity index (χ0n) is 9.91. The minimum absolute atomic E-state index is 0.0486. The van der Waals surface area contributed by atoms with E-state index in [1.807, 2.05) is 6.92 Å². The second kappa shape index (κ2) is 6.47. The van der Waals surface area contributed by atoms with Crippen molar-refractivity contribution < 1.29 is 17.9 Å². The molecule has 0 spiro atoms. The van der Waals surface area contributed by atoms with Crippen LogP contribution in [-0.2, 0) is 16.6 Å². The molecule has 0 aromatic heterocycles. The Morgan fingerprint density at radius 3 is 2.67 bits per heavy atom. The molecule has 0 saturated carbocycles. The van der Waals surface area contributed by atoms with E-state index in [1.54, 1.807) is 0 Å². The highest BCUT2D eigenvalue weighted by molar-refractivity contribution is 7.89. The van der Waals surface area contributed by atoms with Gasteiger partial charge in [0.15, 0.2) is 0 Å². The quantitative estimate of drug-likeness (QED) is 0.789. The highest BCUT2D eigenvalue weighted by Gasteiger charge is 2.18. The lowest BCUT2D eigenvalue weighted by molar-refractivity contribution is 0.281. The van der Waals surface area contributed by atoms with E-state index in [9.17, 15) is 12.8 Å². The van der Waals surface area contributed by atoms with Crippen LogP contribution in [0, 0.1) is 5.82 Å². The molecule has 0 radical (unpaired) electrons. The minimum atomic E-state index is -3.76. The Hall–Kier alpha value is -0.690. The van der Waals surface area contributed by atoms with Crippen molar-refractivity contribution in [2.45, 2.75) is 31.3 Å². The largest absolute Gasteiger partial charge is 0.392 e. The minimum Gasteiger partial charge on any atom is -0.392 e. The lowest BCUT2D eigenvalue weighted by Gasteiger charge is -2.09. The average molecular weight is 296 g/mol. The second-order valence-corrected chi connectivity index (χ2v) is 5.93. The molecule has 0 saturated heterocycles. The lowest BCUT2D eigenvalue weighted by atomic mass is 10.2. The van der Waals surface area contributed by atoms with Crippen LogP contribution in [0.5, 0.6) is 0 Å². The first-order valence-corrected chi connectivity index (χ1v) is 7.37. The van der Waals surface area contributed by atoms with Crippen LogP contribution in [0.3, 0.4) is 0 Å². The van der Waals surface area contributed by atoms with Crippen LogP contribution < -0.4 is 4.72 Å². The second-order valence-electron chi connectivity index (χ2n) is 3.79. The first-order chi connectivity index (χ1) is 8.42. The summed E-state index contributed by atoms with van der Waals surface area (Å²) in [4.78, 5) is -0.232. The third-order valence-electron chi connectivity index (χ3n) is 2.38. The molecule has 0 aliphatic heterocycles. The molecule has 2 N–H and O–H groups in total. The Morgan fingerprint density at radius 2 is 2.11 bits per heavy atom. The number of aliphatic hydroxyl groups excluding tert-OH is 1. The Balaban J connectivity index is 3.05. The van der Waals surface area contributed by atoms with Gasteiger partial charge < -0.3 is 5.11 Å². The van der Waals surface area contributed by atoms with E-state index in [1.165, 1.54) is 6.07 Å². The maximum atomic E-state index is 13.4.